The molecule has 0 fully saturated rings. The lowest BCUT2D eigenvalue weighted by molar-refractivity contribution is 0.960. The number of nitrogens with zero attached hydrogens (tertiary/aromatic N) is 1. The Morgan fingerprint density at radius 3 is 2.29 bits per heavy atom. The van der Waals surface area contributed by atoms with E-state index < -0.39 is 0 Å². The molecule has 138 valence electrons. The van der Waals surface area contributed by atoms with Crippen LogP contribution >= 0.6 is 0 Å². The lowest BCUT2D eigenvalue weighted by Crippen LogP contribution is -2.19. The maximum absolute atomic E-state index is 5.75. The molecule has 0 unspecified atom stereocenters. The highest BCUT2D eigenvalue weighted by Crippen LogP contribution is 2.33. The number of hydrogen-bond donors (Lipinski definition) is 3. The number of anilines is 3. The molecule has 0 atom stereocenters. The fourth-order valence-electron chi connectivity index (χ4n) is 3.77. The van der Waals surface area contributed by atoms with Gasteiger partial charge >= 0.3 is 0 Å². The number of rotatable bonds is 4. The van der Waals surface area contributed by atoms with Crippen LogP contribution in [-0.4, -0.2) is 18.9 Å². The molecule has 5 rings (SSSR count). The molecule has 1 aliphatic heterocycles. The van der Waals surface area contributed by atoms with Crippen molar-refractivity contribution in [3.63, 3.8) is 0 Å². The van der Waals surface area contributed by atoms with Gasteiger partial charge in [0.25, 0.3) is 0 Å². The Labute approximate surface area is 164 Å². The van der Waals surface area contributed by atoms with E-state index >= 15 is 0 Å². The van der Waals surface area contributed by atoms with Gasteiger partial charge in [-0.2, -0.15) is 0 Å². The molecular formula is C24H22N4. The number of nitrogens with two attached hydrogens (primary N) is 1. The summed E-state index contributed by atoms with van der Waals surface area (Å²) in [6, 6.07) is 23.0. The van der Waals surface area contributed by atoms with Crippen LogP contribution in [0, 0.1) is 0 Å². The molecule has 2 aliphatic rings. The molecule has 0 amide bonds. The van der Waals surface area contributed by atoms with E-state index in [0.717, 1.165) is 42.4 Å². The van der Waals surface area contributed by atoms with Gasteiger partial charge in [-0.15, -0.1) is 0 Å². The Balaban J connectivity index is 1.31. The monoisotopic (exact) mass is 366 g/mol. The van der Waals surface area contributed by atoms with Crippen LogP contribution in [0.1, 0.15) is 22.3 Å². The van der Waals surface area contributed by atoms with Crippen molar-refractivity contribution in [3.05, 3.63) is 89.0 Å². The van der Waals surface area contributed by atoms with Crippen molar-refractivity contribution in [1.29, 1.82) is 0 Å². The van der Waals surface area contributed by atoms with Crippen molar-refractivity contribution in [2.45, 2.75) is 6.42 Å². The lowest BCUT2D eigenvalue weighted by atomic mass is 10.0. The second-order valence-corrected chi connectivity index (χ2v) is 7.24. The number of amidine groups is 1. The van der Waals surface area contributed by atoms with Crippen molar-refractivity contribution in [3.8, 4) is 0 Å². The van der Waals surface area contributed by atoms with E-state index in [4.69, 9.17) is 5.73 Å². The summed E-state index contributed by atoms with van der Waals surface area (Å²) < 4.78 is 0. The minimum atomic E-state index is 0.771. The van der Waals surface area contributed by atoms with Crippen LogP contribution in [0.4, 0.5) is 17.1 Å². The predicted molar refractivity (Wildman–Crippen MR) is 118 cm³/mol. The fraction of sp³-hybridized carbons (Fsp3) is 0.125. The molecule has 0 aromatic heterocycles. The molecule has 0 spiro atoms. The van der Waals surface area contributed by atoms with Crippen molar-refractivity contribution in [2.24, 2.45) is 4.99 Å². The summed E-state index contributed by atoms with van der Waals surface area (Å²) in [6.07, 6.45) is 3.26. The molecule has 0 saturated carbocycles. The smallest absolute Gasteiger partial charge is 0.128 e. The minimum Gasteiger partial charge on any atom is -0.399 e. The van der Waals surface area contributed by atoms with Gasteiger partial charge in [-0.3, -0.25) is 4.99 Å². The summed E-state index contributed by atoms with van der Waals surface area (Å²) in [5.41, 5.74) is 15.1. The quantitative estimate of drug-likeness (QED) is 0.598. The topological polar surface area (TPSA) is 62.4 Å². The zero-order chi connectivity index (χ0) is 18.9. The Kier molecular flexibility index (Phi) is 4.09. The summed E-state index contributed by atoms with van der Waals surface area (Å²) in [7, 11) is 0. The van der Waals surface area contributed by atoms with Crippen LogP contribution in [0.25, 0.3) is 11.6 Å². The molecule has 3 aromatic carbocycles. The van der Waals surface area contributed by atoms with E-state index in [1.54, 1.807) is 0 Å². The van der Waals surface area contributed by atoms with Crippen LogP contribution in [-0.2, 0) is 6.42 Å². The summed E-state index contributed by atoms with van der Waals surface area (Å²) >= 11 is 0. The number of nitrogen functional groups attached to an aromatic ring is 1. The SMILES string of the molecule is Nc1ccc(Nc2ccc(C3=Cc4ccc(C5=NCCN5)cc4C3)cc2)cc1. The summed E-state index contributed by atoms with van der Waals surface area (Å²) in [4.78, 5) is 4.53. The minimum absolute atomic E-state index is 0.771. The molecule has 3 aromatic rings. The molecule has 4 nitrogen and oxygen atoms in total. The molecule has 28 heavy (non-hydrogen) atoms. The van der Waals surface area contributed by atoms with Gasteiger partial charge in [0.15, 0.2) is 0 Å². The van der Waals surface area contributed by atoms with Gasteiger partial charge in [0.05, 0.1) is 6.54 Å². The fourth-order valence-corrected chi connectivity index (χ4v) is 3.77. The maximum atomic E-state index is 5.75. The first-order valence-electron chi connectivity index (χ1n) is 9.60. The third-order valence-corrected chi connectivity index (χ3v) is 5.26. The van der Waals surface area contributed by atoms with E-state index in [1.807, 2.05) is 24.3 Å². The zero-order valence-electron chi connectivity index (χ0n) is 15.6. The van der Waals surface area contributed by atoms with Crippen LogP contribution < -0.4 is 16.4 Å². The maximum Gasteiger partial charge on any atom is 0.128 e. The lowest BCUT2D eigenvalue weighted by Gasteiger charge is -2.09. The van der Waals surface area contributed by atoms with Gasteiger partial charge in [-0.25, -0.2) is 0 Å². The standard InChI is InChI=1S/C24H22N4/c25-21-5-9-23(10-6-21)28-22-7-3-16(4-8-22)19-13-17-1-2-18(14-20(17)15-19)24-26-11-12-27-24/h1-10,13-14,28H,11-12,15,25H2,(H,26,27). The predicted octanol–water partition coefficient (Wildman–Crippen LogP) is 4.46. The number of benzene rings is 3. The summed E-state index contributed by atoms with van der Waals surface area (Å²) in [5.74, 6) is 1.02. The van der Waals surface area contributed by atoms with E-state index in [0.29, 0.717) is 0 Å². The van der Waals surface area contributed by atoms with Crippen LogP contribution in [0.15, 0.2) is 71.7 Å². The van der Waals surface area contributed by atoms with Crippen molar-refractivity contribution < 1.29 is 0 Å². The van der Waals surface area contributed by atoms with Gasteiger partial charge < -0.3 is 16.4 Å². The van der Waals surface area contributed by atoms with Crippen molar-refractivity contribution in [1.82, 2.24) is 5.32 Å². The molecule has 0 radical (unpaired) electrons. The first-order valence-corrected chi connectivity index (χ1v) is 9.60. The van der Waals surface area contributed by atoms with Crippen LogP contribution in [0.2, 0.25) is 0 Å². The Morgan fingerprint density at radius 1 is 0.857 bits per heavy atom. The molecule has 1 aliphatic carbocycles. The van der Waals surface area contributed by atoms with E-state index in [-0.39, 0.29) is 0 Å². The number of hydrogen-bond acceptors (Lipinski definition) is 4. The summed E-state index contributed by atoms with van der Waals surface area (Å²) in [6.45, 7) is 1.80. The Bertz CT molecular complexity index is 1080. The number of aliphatic imine (C=N–C) groups is 1. The highest BCUT2D eigenvalue weighted by atomic mass is 15.1. The first-order chi connectivity index (χ1) is 13.7. The van der Waals surface area contributed by atoms with Gasteiger partial charge in [0.2, 0.25) is 0 Å². The Hall–Kier alpha value is -3.53. The molecule has 4 N–H and O–H groups in total. The highest BCUT2D eigenvalue weighted by molar-refractivity contribution is 6.01. The number of allylic oxidation sites excluding steroid dienone is 1. The Morgan fingerprint density at radius 2 is 1.57 bits per heavy atom. The van der Waals surface area contributed by atoms with Crippen LogP contribution in [0.5, 0.6) is 0 Å². The molecule has 0 saturated heterocycles. The van der Waals surface area contributed by atoms with Crippen molar-refractivity contribution >= 4 is 34.5 Å². The molecule has 1 heterocycles. The molecule has 4 heteroatoms. The average molecular weight is 366 g/mol. The van der Waals surface area contributed by atoms with Crippen LogP contribution in [0.3, 0.4) is 0 Å². The second kappa shape index (κ2) is 6.89. The number of nitrogens with one attached hydrogen (secondary N) is 2. The molecular weight excluding hydrogens is 344 g/mol. The van der Waals surface area contributed by atoms with Gasteiger partial charge in [0.1, 0.15) is 5.84 Å². The zero-order valence-corrected chi connectivity index (χ0v) is 15.6. The van der Waals surface area contributed by atoms with Gasteiger partial charge in [-0.05, 0) is 71.1 Å². The largest absolute Gasteiger partial charge is 0.399 e. The third-order valence-electron chi connectivity index (χ3n) is 5.26. The normalized spacial score (nSPS) is 14.9. The average Bonchev–Trinajstić information content (AvgIpc) is 3.39. The van der Waals surface area contributed by atoms with Gasteiger partial charge in [0, 0.05) is 29.2 Å². The van der Waals surface area contributed by atoms with E-state index in [2.05, 4.69) is 64.2 Å². The second-order valence-electron chi connectivity index (χ2n) is 7.24. The first kappa shape index (κ1) is 16.6. The number of fused-ring (bicyclic) bond motifs is 1. The van der Waals surface area contributed by atoms with Gasteiger partial charge in [-0.1, -0.05) is 30.3 Å². The van der Waals surface area contributed by atoms with E-state index in [9.17, 15) is 0 Å². The van der Waals surface area contributed by atoms with E-state index in [1.165, 1.54) is 27.8 Å². The molecule has 0 bridgehead atoms. The highest BCUT2D eigenvalue weighted by Gasteiger charge is 2.17. The summed E-state index contributed by atoms with van der Waals surface area (Å²) in [5, 5.41) is 6.76. The van der Waals surface area contributed by atoms with Crippen molar-refractivity contribution in [2.75, 3.05) is 24.1 Å². The third kappa shape index (κ3) is 3.25.